The van der Waals surface area contributed by atoms with E-state index in [0.717, 1.165) is 0 Å². The summed E-state index contributed by atoms with van der Waals surface area (Å²) in [5.41, 5.74) is 7.44. The fourth-order valence-electron chi connectivity index (χ4n) is 2.68. The smallest absolute Gasteiger partial charge is 0.232 e. The summed E-state index contributed by atoms with van der Waals surface area (Å²) < 4.78 is 35.5. The Labute approximate surface area is 175 Å². The van der Waals surface area contributed by atoms with E-state index in [1.807, 2.05) is 0 Å². The summed E-state index contributed by atoms with van der Waals surface area (Å²) in [5.74, 6) is -1.19. The first-order valence-electron chi connectivity index (χ1n) is 8.70. The molecular formula is C20H15ClF2N6O. The lowest BCUT2D eigenvalue weighted by Gasteiger charge is -2.13. The van der Waals surface area contributed by atoms with Crippen molar-refractivity contribution in [3.05, 3.63) is 71.6 Å². The third-order valence-corrected chi connectivity index (χ3v) is 4.41. The number of halogens is 3. The largest absolute Gasteiger partial charge is 0.435 e. The van der Waals surface area contributed by atoms with Crippen LogP contribution in [0.3, 0.4) is 0 Å². The monoisotopic (exact) mass is 428 g/mol. The van der Waals surface area contributed by atoms with Crippen molar-refractivity contribution in [3.8, 4) is 22.8 Å². The second-order valence-corrected chi connectivity index (χ2v) is 6.77. The van der Waals surface area contributed by atoms with Gasteiger partial charge < -0.3 is 15.8 Å². The maximum Gasteiger partial charge on any atom is 0.232 e. The molecule has 3 N–H and O–H groups in total. The molecule has 0 radical (unpaired) electrons. The summed E-state index contributed by atoms with van der Waals surface area (Å²) in [4.78, 5) is 8.57. The normalized spacial score (nSPS) is 10.8. The van der Waals surface area contributed by atoms with E-state index in [-0.39, 0.29) is 22.6 Å². The highest BCUT2D eigenvalue weighted by atomic mass is 35.5. The number of rotatable bonds is 5. The van der Waals surface area contributed by atoms with Gasteiger partial charge in [0.1, 0.15) is 5.82 Å². The number of aromatic nitrogens is 4. The maximum absolute atomic E-state index is 14.2. The van der Waals surface area contributed by atoms with Gasteiger partial charge in [-0.15, -0.1) is 0 Å². The SMILES string of the molecule is Cn1cc(Nc2ncc(-c3ccc(Cl)c(F)c3)c(Oc3cc(N)ccc3F)n2)cn1. The van der Waals surface area contributed by atoms with Gasteiger partial charge in [0.25, 0.3) is 0 Å². The minimum absolute atomic E-state index is 0.00242. The summed E-state index contributed by atoms with van der Waals surface area (Å²) in [6, 6.07) is 8.13. The summed E-state index contributed by atoms with van der Waals surface area (Å²) in [6.07, 6.45) is 4.75. The van der Waals surface area contributed by atoms with Gasteiger partial charge in [-0.2, -0.15) is 10.1 Å². The van der Waals surface area contributed by atoms with E-state index in [1.54, 1.807) is 30.2 Å². The van der Waals surface area contributed by atoms with E-state index < -0.39 is 11.6 Å². The Hall–Kier alpha value is -3.72. The Morgan fingerprint density at radius 3 is 2.67 bits per heavy atom. The standard InChI is InChI=1S/C20H15ClF2N6O/c1-29-10-13(8-26-29)27-20-25-9-14(11-2-4-15(21)17(23)6-11)19(28-20)30-18-7-12(24)3-5-16(18)22/h2-10H,24H2,1H3,(H,25,27,28). The van der Waals surface area contributed by atoms with E-state index in [2.05, 4.69) is 20.4 Å². The van der Waals surface area contributed by atoms with Crippen molar-refractivity contribution in [2.45, 2.75) is 0 Å². The van der Waals surface area contributed by atoms with E-state index in [1.165, 1.54) is 36.5 Å². The second kappa shape index (κ2) is 7.96. The van der Waals surface area contributed by atoms with E-state index >= 15 is 0 Å². The Morgan fingerprint density at radius 2 is 1.93 bits per heavy atom. The van der Waals surface area contributed by atoms with Gasteiger partial charge in [0, 0.05) is 31.2 Å². The number of hydrogen-bond acceptors (Lipinski definition) is 6. The fraction of sp³-hybridized carbons (Fsp3) is 0.0500. The number of hydrogen-bond donors (Lipinski definition) is 2. The first-order valence-corrected chi connectivity index (χ1v) is 9.08. The molecule has 152 valence electrons. The van der Waals surface area contributed by atoms with E-state index in [9.17, 15) is 8.78 Å². The van der Waals surface area contributed by atoms with E-state index in [0.29, 0.717) is 22.5 Å². The van der Waals surface area contributed by atoms with Gasteiger partial charge in [-0.05, 0) is 29.8 Å². The Balaban J connectivity index is 1.78. The molecule has 0 unspecified atom stereocenters. The van der Waals surface area contributed by atoms with Crippen LogP contribution in [0.5, 0.6) is 11.6 Å². The maximum atomic E-state index is 14.2. The highest BCUT2D eigenvalue weighted by molar-refractivity contribution is 6.30. The minimum Gasteiger partial charge on any atom is -0.435 e. The fourth-order valence-corrected chi connectivity index (χ4v) is 2.80. The van der Waals surface area contributed by atoms with Crippen LogP contribution < -0.4 is 15.8 Å². The molecule has 0 amide bonds. The minimum atomic E-state index is -0.627. The van der Waals surface area contributed by atoms with Crippen LogP contribution in [0.4, 0.5) is 26.1 Å². The topological polar surface area (TPSA) is 90.9 Å². The van der Waals surface area contributed by atoms with Crippen LogP contribution in [0.15, 0.2) is 55.0 Å². The molecule has 2 aromatic heterocycles. The van der Waals surface area contributed by atoms with Gasteiger partial charge in [-0.3, -0.25) is 4.68 Å². The van der Waals surface area contributed by atoms with Crippen LogP contribution in [-0.2, 0) is 7.05 Å². The lowest BCUT2D eigenvalue weighted by Crippen LogP contribution is -2.01. The molecule has 4 aromatic rings. The average molecular weight is 429 g/mol. The van der Waals surface area contributed by atoms with Crippen LogP contribution in [0.25, 0.3) is 11.1 Å². The number of anilines is 3. The molecule has 0 aliphatic heterocycles. The van der Waals surface area contributed by atoms with Crippen LogP contribution in [0.2, 0.25) is 5.02 Å². The molecule has 0 aliphatic rings. The molecule has 0 aliphatic carbocycles. The zero-order valence-corrected chi connectivity index (χ0v) is 16.4. The Morgan fingerprint density at radius 1 is 1.10 bits per heavy atom. The third-order valence-electron chi connectivity index (χ3n) is 4.11. The number of nitrogens with two attached hydrogens (primary N) is 1. The van der Waals surface area contributed by atoms with Crippen molar-refractivity contribution in [2.24, 2.45) is 7.05 Å². The quantitative estimate of drug-likeness (QED) is 0.438. The van der Waals surface area contributed by atoms with Gasteiger partial charge >= 0.3 is 0 Å². The zero-order chi connectivity index (χ0) is 21.3. The van der Waals surface area contributed by atoms with Gasteiger partial charge in [0.15, 0.2) is 11.6 Å². The van der Waals surface area contributed by atoms with Crippen LogP contribution in [0.1, 0.15) is 0 Å². The Bertz CT molecular complexity index is 1230. The van der Waals surface area contributed by atoms with Gasteiger partial charge in [-0.1, -0.05) is 17.7 Å². The lowest BCUT2D eigenvalue weighted by molar-refractivity contribution is 0.429. The first kappa shape index (κ1) is 19.6. The zero-order valence-electron chi connectivity index (χ0n) is 15.6. The predicted molar refractivity (Wildman–Crippen MR) is 110 cm³/mol. The van der Waals surface area contributed by atoms with Gasteiger partial charge in [0.2, 0.25) is 11.8 Å². The first-order chi connectivity index (χ1) is 14.4. The molecule has 2 aromatic carbocycles. The van der Waals surface area contributed by atoms with Gasteiger partial charge in [-0.25, -0.2) is 13.8 Å². The van der Waals surface area contributed by atoms with Crippen molar-refractivity contribution < 1.29 is 13.5 Å². The van der Waals surface area contributed by atoms with E-state index in [4.69, 9.17) is 22.1 Å². The van der Waals surface area contributed by atoms with Crippen LogP contribution in [-0.4, -0.2) is 19.7 Å². The molecule has 0 atom stereocenters. The number of ether oxygens (including phenoxy) is 1. The number of nitrogens with zero attached hydrogens (tertiary/aromatic N) is 4. The molecule has 0 saturated carbocycles. The van der Waals surface area contributed by atoms with Crippen molar-refractivity contribution in [3.63, 3.8) is 0 Å². The van der Waals surface area contributed by atoms with Gasteiger partial charge in [0.05, 0.1) is 22.5 Å². The third kappa shape index (κ3) is 4.15. The molecule has 10 heteroatoms. The predicted octanol–water partition coefficient (Wildman–Crippen LogP) is 4.93. The molecule has 0 bridgehead atoms. The molecule has 0 spiro atoms. The molecule has 0 fully saturated rings. The van der Waals surface area contributed by atoms with Crippen molar-refractivity contribution in [1.82, 2.24) is 19.7 Å². The summed E-state index contributed by atoms with van der Waals surface area (Å²) in [7, 11) is 1.77. The van der Waals surface area contributed by atoms with Crippen LogP contribution >= 0.6 is 11.6 Å². The lowest BCUT2D eigenvalue weighted by atomic mass is 10.1. The average Bonchev–Trinajstić information content (AvgIpc) is 3.12. The molecule has 30 heavy (non-hydrogen) atoms. The van der Waals surface area contributed by atoms with Crippen molar-refractivity contribution in [1.29, 1.82) is 0 Å². The number of aryl methyl sites for hydroxylation is 1. The number of nitrogens with one attached hydrogen (secondary N) is 1. The van der Waals surface area contributed by atoms with Crippen molar-refractivity contribution >= 4 is 28.9 Å². The molecular weight excluding hydrogens is 414 g/mol. The summed E-state index contributed by atoms with van der Waals surface area (Å²) in [5, 5.41) is 7.01. The highest BCUT2D eigenvalue weighted by Gasteiger charge is 2.16. The number of nitrogen functional groups attached to an aromatic ring is 1. The van der Waals surface area contributed by atoms with Crippen molar-refractivity contribution in [2.75, 3.05) is 11.1 Å². The van der Waals surface area contributed by atoms with Crippen LogP contribution in [0, 0.1) is 11.6 Å². The highest BCUT2D eigenvalue weighted by Crippen LogP contribution is 2.35. The molecule has 4 rings (SSSR count). The summed E-state index contributed by atoms with van der Waals surface area (Å²) in [6.45, 7) is 0. The second-order valence-electron chi connectivity index (χ2n) is 6.36. The summed E-state index contributed by atoms with van der Waals surface area (Å²) >= 11 is 5.77. The molecule has 2 heterocycles. The molecule has 0 saturated heterocycles. The Kier molecular flexibility index (Phi) is 5.20. The molecule has 7 nitrogen and oxygen atoms in total. The number of benzene rings is 2.